The number of nitrogens with zero attached hydrogens (tertiary/aromatic N) is 5. The van der Waals surface area contributed by atoms with E-state index in [9.17, 15) is 31.1 Å². The zero-order valence-corrected chi connectivity index (χ0v) is 22.1. The Kier molecular flexibility index (Phi) is 7.76. The maximum atomic E-state index is 13.2. The molecule has 8 nitrogen and oxygen atoms in total. The number of aromatic nitrogens is 4. The molecule has 5 rings (SSSR count). The number of H-pyrrole nitrogens is 1. The molecule has 0 radical (unpaired) electrons. The molecule has 0 spiro atoms. The van der Waals surface area contributed by atoms with Gasteiger partial charge in [0.2, 0.25) is 0 Å². The van der Waals surface area contributed by atoms with Crippen LogP contribution in [0.25, 0.3) is 17.4 Å². The number of carbonyl (C=O) groups is 1. The molecule has 1 unspecified atom stereocenters. The lowest BCUT2D eigenvalue weighted by molar-refractivity contribution is -0.143. The standard InChI is InChI=1S/C24H20F6N6O2S2/c25-23(26,27)15-7-14(8-16(9-15)24(28,29)30)18-2-1-17(38-18)10-19-21(37)36(22(39)40-19)12-13-3-5-35(11-13)6-4-20-31-33-34-32-20/h1-2,7-10,13H,3-6,11-12H2,(H,31,32,33,34). The maximum absolute atomic E-state index is 13.2. The van der Waals surface area contributed by atoms with Crippen molar-refractivity contribution in [1.82, 2.24) is 30.4 Å². The van der Waals surface area contributed by atoms with Gasteiger partial charge in [0.25, 0.3) is 5.91 Å². The van der Waals surface area contributed by atoms with Crippen molar-refractivity contribution in [1.29, 1.82) is 0 Å². The first-order valence-electron chi connectivity index (χ1n) is 12.0. The highest BCUT2D eigenvalue weighted by Crippen LogP contribution is 2.40. The first-order chi connectivity index (χ1) is 18.9. The van der Waals surface area contributed by atoms with Gasteiger partial charge in [-0.05, 0) is 49.2 Å². The molecule has 1 N–H and O–H groups in total. The Balaban J connectivity index is 1.26. The highest BCUT2D eigenvalue weighted by Gasteiger charge is 2.38. The van der Waals surface area contributed by atoms with E-state index in [0.29, 0.717) is 35.2 Å². The van der Waals surface area contributed by atoms with Crippen molar-refractivity contribution in [3.05, 3.63) is 57.9 Å². The number of nitrogens with one attached hydrogen (secondary N) is 1. The number of halogens is 6. The van der Waals surface area contributed by atoms with Gasteiger partial charge in [-0.1, -0.05) is 29.2 Å². The summed E-state index contributed by atoms with van der Waals surface area (Å²) in [5.74, 6) is 0.378. The van der Waals surface area contributed by atoms with Gasteiger partial charge in [-0.2, -0.15) is 31.6 Å². The van der Waals surface area contributed by atoms with Crippen LogP contribution in [0.1, 0.15) is 29.1 Å². The summed E-state index contributed by atoms with van der Waals surface area (Å²) in [5, 5.41) is 13.8. The van der Waals surface area contributed by atoms with Crippen LogP contribution >= 0.6 is 24.0 Å². The predicted octanol–water partition coefficient (Wildman–Crippen LogP) is 5.26. The van der Waals surface area contributed by atoms with E-state index in [4.69, 9.17) is 16.6 Å². The zero-order valence-electron chi connectivity index (χ0n) is 20.4. The molecule has 2 fully saturated rings. The number of hydrogen-bond donors (Lipinski definition) is 1. The molecule has 1 atom stereocenters. The zero-order chi connectivity index (χ0) is 28.7. The van der Waals surface area contributed by atoms with E-state index in [1.165, 1.54) is 23.1 Å². The summed E-state index contributed by atoms with van der Waals surface area (Å²) in [6.07, 6.45) is -7.06. The Morgan fingerprint density at radius 2 is 1.85 bits per heavy atom. The van der Waals surface area contributed by atoms with E-state index in [-0.39, 0.29) is 39.9 Å². The number of furan rings is 1. The quantitative estimate of drug-likeness (QED) is 0.223. The lowest BCUT2D eigenvalue weighted by Gasteiger charge is -2.20. The molecule has 212 valence electrons. The SMILES string of the molecule is O=C1C(=Cc2ccc(-c3cc(C(F)(F)F)cc(C(F)(F)F)c3)o2)SC(=S)N1CC1CCN(CCc2nn[nH]n2)C1. The Morgan fingerprint density at radius 1 is 1.12 bits per heavy atom. The summed E-state index contributed by atoms with van der Waals surface area (Å²) < 4.78 is 85.3. The molecule has 0 bridgehead atoms. The normalized spacial score (nSPS) is 19.9. The van der Waals surface area contributed by atoms with Crippen molar-refractivity contribution in [3.63, 3.8) is 0 Å². The van der Waals surface area contributed by atoms with Gasteiger partial charge in [-0.3, -0.25) is 9.69 Å². The van der Waals surface area contributed by atoms with E-state index in [1.54, 1.807) is 0 Å². The van der Waals surface area contributed by atoms with Crippen molar-refractivity contribution >= 4 is 40.3 Å². The number of aromatic amines is 1. The van der Waals surface area contributed by atoms with Gasteiger partial charge in [-0.25, -0.2) is 0 Å². The number of hydrogen-bond acceptors (Lipinski definition) is 8. The number of likely N-dealkylation sites (tertiary alicyclic amines) is 1. The molecular formula is C24H20F6N6O2S2. The van der Waals surface area contributed by atoms with Crippen LogP contribution in [0.4, 0.5) is 26.3 Å². The third-order valence-electron chi connectivity index (χ3n) is 6.50. The number of thioether (sulfide) groups is 1. The third kappa shape index (κ3) is 6.39. The van der Waals surface area contributed by atoms with Crippen LogP contribution < -0.4 is 0 Å². The minimum Gasteiger partial charge on any atom is -0.457 e. The van der Waals surface area contributed by atoms with Crippen LogP contribution in [0.5, 0.6) is 0 Å². The lowest BCUT2D eigenvalue weighted by atomic mass is 10.0. The molecule has 4 heterocycles. The second-order valence-electron chi connectivity index (χ2n) is 9.32. The molecule has 40 heavy (non-hydrogen) atoms. The third-order valence-corrected chi connectivity index (χ3v) is 7.88. The van der Waals surface area contributed by atoms with Gasteiger partial charge in [0.15, 0.2) is 5.82 Å². The Morgan fingerprint density at radius 3 is 2.50 bits per heavy atom. The van der Waals surface area contributed by atoms with Gasteiger partial charge in [0.05, 0.1) is 16.0 Å². The highest BCUT2D eigenvalue weighted by molar-refractivity contribution is 8.26. The molecular weight excluding hydrogens is 582 g/mol. The summed E-state index contributed by atoms with van der Waals surface area (Å²) in [6.45, 7) is 2.81. The van der Waals surface area contributed by atoms with Gasteiger partial charge in [0.1, 0.15) is 15.8 Å². The molecule has 2 aliphatic rings. The van der Waals surface area contributed by atoms with Gasteiger partial charge >= 0.3 is 12.4 Å². The summed E-state index contributed by atoms with van der Waals surface area (Å²) in [6, 6.07) is 3.85. The highest BCUT2D eigenvalue weighted by atomic mass is 32.2. The van der Waals surface area contributed by atoms with Crippen molar-refractivity contribution in [2.24, 2.45) is 5.92 Å². The molecule has 3 aromatic rings. The van der Waals surface area contributed by atoms with Crippen LogP contribution in [-0.4, -0.2) is 66.8 Å². The number of alkyl halides is 6. The van der Waals surface area contributed by atoms with E-state index in [1.807, 2.05) is 0 Å². The van der Waals surface area contributed by atoms with Crippen molar-refractivity contribution in [2.75, 3.05) is 26.2 Å². The summed E-state index contributed by atoms with van der Waals surface area (Å²) in [4.78, 5) is 17.1. The first-order valence-corrected chi connectivity index (χ1v) is 13.2. The number of carbonyl (C=O) groups excluding carboxylic acids is 1. The fourth-order valence-electron chi connectivity index (χ4n) is 4.54. The van der Waals surface area contributed by atoms with Crippen LogP contribution in [-0.2, 0) is 23.6 Å². The second kappa shape index (κ2) is 11.0. The molecule has 2 aliphatic heterocycles. The molecule has 2 saturated heterocycles. The maximum Gasteiger partial charge on any atom is 0.416 e. The summed E-state index contributed by atoms with van der Waals surface area (Å²) in [5.41, 5.74) is -3.28. The molecule has 0 aliphatic carbocycles. The number of rotatable bonds is 7. The van der Waals surface area contributed by atoms with Gasteiger partial charge in [-0.15, -0.1) is 10.2 Å². The average molecular weight is 603 g/mol. The van der Waals surface area contributed by atoms with Crippen LogP contribution in [0.15, 0.2) is 39.7 Å². The fourth-order valence-corrected chi connectivity index (χ4v) is 5.79. The Bertz CT molecular complexity index is 1400. The average Bonchev–Trinajstić information content (AvgIpc) is 3.69. The largest absolute Gasteiger partial charge is 0.457 e. The lowest BCUT2D eigenvalue weighted by Crippen LogP contribution is -2.34. The van der Waals surface area contributed by atoms with Crippen molar-refractivity contribution in [2.45, 2.75) is 25.2 Å². The summed E-state index contributed by atoms with van der Waals surface area (Å²) >= 11 is 6.46. The fraction of sp³-hybridized carbons (Fsp3) is 0.375. The molecule has 2 aromatic heterocycles. The number of amides is 1. The predicted molar refractivity (Wildman–Crippen MR) is 136 cm³/mol. The van der Waals surface area contributed by atoms with Crippen LogP contribution in [0.3, 0.4) is 0 Å². The summed E-state index contributed by atoms with van der Waals surface area (Å²) in [7, 11) is 0. The number of benzene rings is 1. The van der Waals surface area contributed by atoms with Gasteiger partial charge in [0, 0.05) is 37.7 Å². The first kappa shape index (κ1) is 28.3. The second-order valence-corrected chi connectivity index (χ2v) is 11.0. The van der Waals surface area contributed by atoms with E-state index in [0.717, 1.165) is 37.8 Å². The van der Waals surface area contributed by atoms with Crippen LogP contribution in [0, 0.1) is 5.92 Å². The minimum absolute atomic E-state index is 0.0518. The Labute approximate surface area is 232 Å². The Hall–Kier alpha value is -3.24. The molecule has 1 aromatic carbocycles. The monoisotopic (exact) mass is 602 g/mol. The molecule has 1 amide bonds. The van der Waals surface area contributed by atoms with E-state index < -0.39 is 23.5 Å². The van der Waals surface area contributed by atoms with Crippen molar-refractivity contribution in [3.8, 4) is 11.3 Å². The van der Waals surface area contributed by atoms with Crippen molar-refractivity contribution < 1.29 is 35.6 Å². The smallest absolute Gasteiger partial charge is 0.416 e. The topological polar surface area (TPSA) is 91.2 Å². The van der Waals surface area contributed by atoms with E-state index >= 15 is 0 Å². The van der Waals surface area contributed by atoms with Gasteiger partial charge < -0.3 is 9.32 Å². The van der Waals surface area contributed by atoms with Crippen LogP contribution in [0.2, 0.25) is 0 Å². The molecule has 16 heteroatoms. The number of tetrazole rings is 1. The van der Waals surface area contributed by atoms with E-state index in [2.05, 4.69) is 25.5 Å². The minimum atomic E-state index is -4.98. The molecule has 0 saturated carbocycles. The number of thiocarbonyl (C=S) groups is 1.